The van der Waals surface area contributed by atoms with Crippen LogP contribution >= 0.6 is 0 Å². The molecule has 1 N–H and O–H groups in total. The summed E-state index contributed by atoms with van der Waals surface area (Å²) in [6.07, 6.45) is 14.9. The zero-order valence-electron chi connectivity index (χ0n) is 25.5. The number of fused-ring (bicyclic) bond motifs is 3. The topological polar surface area (TPSA) is 74.7 Å². The van der Waals surface area contributed by atoms with Crippen molar-refractivity contribution in [1.29, 1.82) is 0 Å². The number of anilines is 1. The molecule has 5 heteroatoms. The zero-order chi connectivity index (χ0) is 29.3. The van der Waals surface area contributed by atoms with E-state index in [1.54, 1.807) is 12.5 Å². The van der Waals surface area contributed by atoms with Crippen molar-refractivity contribution >= 4 is 24.0 Å². The summed E-state index contributed by atoms with van der Waals surface area (Å²) >= 11 is 0. The Hall–Kier alpha value is -2.53. The number of nitrogens with zero attached hydrogens (tertiary/aromatic N) is 1. The quantitative estimate of drug-likeness (QED) is 0.169. The molecule has 0 bridgehead atoms. The number of unbranched alkanes of at least 4 members (excludes halogenated alkanes) is 3. The second-order valence-electron chi connectivity index (χ2n) is 12.3. The zero-order valence-corrected chi connectivity index (χ0v) is 25.5. The Morgan fingerprint density at radius 3 is 2.42 bits per heavy atom. The van der Waals surface area contributed by atoms with Gasteiger partial charge in [0.15, 0.2) is 0 Å². The van der Waals surface area contributed by atoms with E-state index in [0.29, 0.717) is 30.0 Å². The number of aldehydes is 2. The van der Waals surface area contributed by atoms with Gasteiger partial charge in [-0.3, -0.25) is 9.59 Å². The average molecular weight is 550 g/mol. The Balaban J connectivity index is 0.00000216. The van der Waals surface area contributed by atoms with Gasteiger partial charge >= 0.3 is 0 Å². The normalized spacial score (nSPS) is 28.3. The van der Waals surface area contributed by atoms with Crippen LogP contribution in [0, 0.1) is 23.2 Å². The lowest BCUT2D eigenvalue weighted by Crippen LogP contribution is -2.44. The fraction of sp³-hybridized carbons (Fsp3) is 0.629. The van der Waals surface area contributed by atoms with Crippen LogP contribution in [0.4, 0.5) is 5.69 Å². The molecule has 0 radical (unpaired) electrons. The van der Waals surface area contributed by atoms with Crippen molar-refractivity contribution in [1.82, 2.24) is 0 Å². The summed E-state index contributed by atoms with van der Waals surface area (Å²) in [6.45, 7) is 7.43. The molecule has 0 aromatic heterocycles. The summed E-state index contributed by atoms with van der Waals surface area (Å²) < 4.78 is 0. The summed E-state index contributed by atoms with van der Waals surface area (Å²) in [4.78, 5) is 37.2. The number of hydrogen-bond acceptors (Lipinski definition) is 5. The third-order valence-corrected chi connectivity index (χ3v) is 10.1. The van der Waals surface area contributed by atoms with Crippen molar-refractivity contribution in [2.45, 2.75) is 97.3 Å². The van der Waals surface area contributed by atoms with Gasteiger partial charge in [0.05, 0.1) is 0 Å². The van der Waals surface area contributed by atoms with Crippen LogP contribution in [-0.4, -0.2) is 44.2 Å². The van der Waals surface area contributed by atoms with Crippen molar-refractivity contribution in [2.75, 3.05) is 25.6 Å². The van der Waals surface area contributed by atoms with Crippen LogP contribution in [-0.2, 0) is 14.4 Å². The second-order valence-corrected chi connectivity index (χ2v) is 12.3. The number of carbonyl (C=O) groups is 3. The van der Waals surface area contributed by atoms with Crippen LogP contribution in [0.5, 0.6) is 0 Å². The van der Waals surface area contributed by atoms with E-state index < -0.39 is 0 Å². The molecule has 3 aliphatic rings. The maximum atomic E-state index is 12.8. The highest BCUT2D eigenvalue weighted by Crippen LogP contribution is 2.65. The predicted molar refractivity (Wildman–Crippen MR) is 164 cm³/mol. The number of carbonyl (C=O) groups excluding carboxylic acids is 3. The fourth-order valence-corrected chi connectivity index (χ4v) is 8.31. The number of Topliss-reactive ketones (excluding diaryl/α,β-unsaturated/α-hetero) is 1. The molecule has 2 fully saturated rings. The number of hydrogen-bond donors (Lipinski definition) is 1. The van der Waals surface area contributed by atoms with Crippen LogP contribution in [0.15, 0.2) is 47.1 Å². The maximum absolute atomic E-state index is 12.8. The second kappa shape index (κ2) is 14.9. The summed E-state index contributed by atoms with van der Waals surface area (Å²) in [7, 11) is 3.15. The number of aliphatic hydroxyl groups is 1. The first kappa shape index (κ1) is 32.0. The van der Waals surface area contributed by atoms with E-state index in [4.69, 9.17) is 5.11 Å². The lowest BCUT2D eigenvalue weighted by molar-refractivity contribution is -0.125. The third-order valence-electron chi connectivity index (χ3n) is 10.1. The molecule has 40 heavy (non-hydrogen) atoms. The number of aliphatic hydroxyl groups excluding tert-OH is 1. The molecule has 1 aromatic rings. The highest BCUT2D eigenvalue weighted by atomic mass is 16.2. The molecule has 1 aromatic carbocycles. The first-order valence-electron chi connectivity index (χ1n) is 15.4. The van der Waals surface area contributed by atoms with Crippen LogP contribution < -0.4 is 4.90 Å². The van der Waals surface area contributed by atoms with Gasteiger partial charge in [-0.25, -0.2) is 0 Å². The summed E-state index contributed by atoms with van der Waals surface area (Å²) in [6, 6.07) is 9.14. The average Bonchev–Trinajstić information content (AvgIpc) is 3.32. The molecule has 0 aliphatic heterocycles. The minimum atomic E-state index is 0.0326. The predicted octanol–water partition coefficient (Wildman–Crippen LogP) is 7.23. The molecular formula is C35H51NO4. The molecule has 0 saturated heterocycles. The first-order chi connectivity index (χ1) is 19.3. The van der Waals surface area contributed by atoms with Crippen molar-refractivity contribution in [3.63, 3.8) is 0 Å². The lowest BCUT2D eigenvalue weighted by Gasteiger charge is -2.52. The largest absolute Gasteiger partial charge is 0.400 e. The van der Waals surface area contributed by atoms with E-state index in [-0.39, 0.29) is 11.3 Å². The molecule has 5 atom stereocenters. The smallest absolute Gasteiger partial charge is 0.143 e. The van der Waals surface area contributed by atoms with Gasteiger partial charge in [-0.1, -0.05) is 44.4 Å². The molecule has 0 amide bonds. The van der Waals surface area contributed by atoms with Crippen molar-refractivity contribution in [3.8, 4) is 0 Å². The molecule has 0 spiro atoms. The van der Waals surface area contributed by atoms with Gasteiger partial charge in [0.25, 0.3) is 0 Å². The van der Waals surface area contributed by atoms with Crippen molar-refractivity contribution in [3.05, 3.63) is 52.6 Å². The van der Waals surface area contributed by atoms with Crippen molar-refractivity contribution < 1.29 is 19.5 Å². The van der Waals surface area contributed by atoms with Gasteiger partial charge in [0.2, 0.25) is 0 Å². The Kier molecular flexibility index (Phi) is 11.9. The van der Waals surface area contributed by atoms with E-state index in [0.717, 1.165) is 90.4 Å². The number of ketones is 1. The van der Waals surface area contributed by atoms with Gasteiger partial charge in [0, 0.05) is 44.6 Å². The van der Waals surface area contributed by atoms with E-state index in [1.807, 2.05) is 6.08 Å². The highest BCUT2D eigenvalue weighted by Gasteiger charge is 2.57. The Morgan fingerprint density at radius 2 is 1.80 bits per heavy atom. The first-order valence-corrected chi connectivity index (χ1v) is 15.4. The number of benzene rings is 1. The van der Waals surface area contributed by atoms with E-state index in [1.165, 1.54) is 22.4 Å². The van der Waals surface area contributed by atoms with Crippen LogP contribution in [0.25, 0.3) is 0 Å². The van der Waals surface area contributed by atoms with Crippen LogP contribution in [0.1, 0.15) is 103 Å². The molecule has 220 valence electrons. The van der Waals surface area contributed by atoms with Gasteiger partial charge in [-0.2, -0.15) is 0 Å². The lowest BCUT2D eigenvalue weighted by atomic mass is 9.52. The Bertz CT molecular complexity index is 1070. The standard InChI is InChI=1S/C34H47NO3.CH4O/c1-5-10-28-26(19-22-37)13-16-29-32-18-17-31(24(2)38)34(32,3)23-30(33(28)29)25-11-14-27(15-12-25)35(4)20-8-6-7-9-21-36;1-2/h11-12,14-15,19,21-22,29-32H,5-10,13,16-18,20,23H2,1-4H3;2H,1H3/b26-19-;. The molecule has 3 aliphatic carbocycles. The Labute approximate surface area is 242 Å². The monoisotopic (exact) mass is 549 g/mol. The van der Waals surface area contributed by atoms with E-state index >= 15 is 0 Å². The fourth-order valence-electron chi connectivity index (χ4n) is 8.31. The summed E-state index contributed by atoms with van der Waals surface area (Å²) in [5.74, 6) is 1.86. The third kappa shape index (κ3) is 6.67. The van der Waals surface area contributed by atoms with Gasteiger partial charge in [-0.05, 0) is 110 Å². The molecule has 5 unspecified atom stereocenters. The van der Waals surface area contributed by atoms with E-state index in [9.17, 15) is 14.4 Å². The molecule has 5 nitrogen and oxygen atoms in total. The molecule has 2 saturated carbocycles. The summed E-state index contributed by atoms with van der Waals surface area (Å²) in [5, 5.41) is 7.00. The minimum absolute atomic E-state index is 0.0326. The molecule has 0 heterocycles. The van der Waals surface area contributed by atoms with Gasteiger partial charge < -0.3 is 14.8 Å². The molecule has 4 rings (SSSR count). The van der Waals surface area contributed by atoms with Crippen LogP contribution in [0.2, 0.25) is 0 Å². The highest BCUT2D eigenvalue weighted by molar-refractivity contribution is 5.80. The Morgan fingerprint density at radius 1 is 1.07 bits per heavy atom. The SMILES string of the molecule is CCCC1=C2C(c3ccc(N(C)CCCCCC=O)cc3)CC3(C)C(C(C)=O)CCC3C2CC/C1=C/C=O.CO. The number of rotatable bonds is 12. The van der Waals surface area contributed by atoms with Crippen LogP contribution in [0.3, 0.4) is 0 Å². The van der Waals surface area contributed by atoms with E-state index in [2.05, 4.69) is 50.1 Å². The minimum Gasteiger partial charge on any atom is -0.400 e. The maximum Gasteiger partial charge on any atom is 0.143 e. The van der Waals surface area contributed by atoms with Gasteiger partial charge in [-0.15, -0.1) is 0 Å². The van der Waals surface area contributed by atoms with Crippen molar-refractivity contribution in [2.24, 2.45) is 23.2 Å². The number of allylic oxidation sites excluding steroid dienone is 4. The molecular weight excluding hydrogens is 498 g/mol. The van der Waals surface area contributed by atoms with Gasteiger partial charge in [0.1, 0.15) is 18.4 Å². The summed E-state index contributed by atoms with van der Waals surface area (Å²) in [5.41, 5.74) is 6.86.